The molecule has 20 heavy (non-hydrogen) atoms. The summed E-state index contributed by atoms with van der Waals surface area (Å²) >= 11 is 1.92. The molecule has 0 aromatic carbocycles. The van der Waals surface area contributed by atoms with E-state index in [1.165, 1.54) is 31.4 Å². The molecule has 1 aliphatic rings. The van der Waals surface area contributed by atoms with Gasteiger partial charge in [-0.3, -0.25) is 4.99 Å². The third-order valence-corrected chi connectivity index (χ3v) is 4.37. The summed E-state index contributed by atoms with van der Waals surface area (Å²) in [4.78, 5) is 7.08. The van der Waals surface area contributed by atoms with Gasteiger partial charge in [-0.15, -0.1) is 0 Å². The van der Waals surface area contributed by atoms with Crippen molar-refractivity contribution in [2.75, 3.05) is 45.7 Å². The molecule has 2 N–H and O–H groups in total. The van der Waals surface area contributed by atoms with Gasteiger partial charge >= 0.3 is 0 Å². The Morgan fingerprint density at radius 2 is 2.05 bits per heavy atom. The van der Waals surface area contributed by atoms with Crippen LogP contribution in [-0.4, -0.2) is 62.6 Å². The van der Waals surface area contributed by atoms with Crippen molar-refractivity contribution < 1.29 is 0 Å². The highest BCUT2D eigenvalue weighted by atomic mass is 32.2. The minimum Gasteiger partial charge on any atom is -0.357 e. The monoisotopic (exact) mass is 300 g/mol. The SMILES string of the molecule is CCNC(=NCC(C1CC1)N(C)C)NCCCCSC. The van der Waals surface area contributed by atoms with E-state index in [2.05, 4.69) is 42.8 Å². The Kier molecular flexibility index (Phi) is 9.10. The third kappa shape index (κ3) is 7.39. The summed E-state index contributed by atoms with van der Waals surface area (Å²) in [5, 5.41) is 6.79. The van der Waals surface area contributed by atoms with Crippen LogP contribution in [0.5, 0.6) is 0 Å². The Labute approximate surface area is 129 Å². The maximum Gasteiger partial charge on any atom is 0.191 e. The van der Waals surface area contributed by atoms with Crippen LogP contribution < -0.4 is 10.6 Å². The van der Waals surface area contributed by atoms with Crippen LogP contribution in [0.1, 0.15) is 32.6 Å². The maximum atomic E-state index is 4.76. The molecule has 5 heteroatoms. The highest BCUT2D eigenvalue weighted by molar-refractivity contribution is 7.98. The van der Waals surface area contributed by atoms with E-state index in [-0.39, 0.29) is 0 Å². The van der Waals surface area contributed by atoms with Gasteiger partial charge in [0.15, 0.2) is 5.96 Å². The fraction of sp³-hybridized carbons (Fsp3) is 0.933. The molecule has 1 fully saturated rings. The van der Waals surface area contributed by atoms with Gasteiger partial charge in [0.2, 0.25) is 0 Å². The molecule has 1 aliphatic carbocycles. The van der Waals surface area contributed by atoms with E-state index in [1.807, 2.05) is 11.8 Å². The molecule has 0 aliphatic heterocycles. The molecule has 0 amide bonds. The van der Waals surface area contributed by atoms with E-state index < -0.39 is 0 Å². The average Bonchev–Trinajstić information content (AvgIpc) is 3.22. The zero-order valence-corrected chi connectivity index (χ0v) is 14.4. The van der Waals surface area contributed by atoms with Crippen molar-refractivity contribution in [1.29, 1.82) is 0 Å². The summed E-state index contributed by atoms with van der Waals surface area (Å²) in [7, 11) is 4.34. The smallest absolute Gasteiger partial charge is 0.191 e. The lowest BCUT2D eigenvalue weighted by atomic mass is 10.2. The van der Waals surface area contributed by atoms with Crippen molar-refractivity contribution in [2.45, 2.75) is 38.6 Å². The van der Waals surface area contributed by atoms with Crippen LogP contribution in [0, 0.1) is 5.92 Å². The van der Waals surface area contributed by atoms with Crippen LogP contribution in [-0.2, 0) is 0 Å². The highest BCUT2D eigenvalue weighted by Gasteiger charge is 2.32. The first kappa shape index (κ1) is 17.6. The molecule has 1 unspecified atom stereocenters. The van der Waals surface area contributed by atoms with Crippen LogP contribution in [0.15, 0.2) is 4.99 Å². The molecule has 0 spiro atoms. The number of thioether (sulfide) groups is 1. The predicted octanol–water partition coefficient (Wildman–Crippen LogP) is 2.02. The first-order chi connectivity index (χ1) is 9.69. The predicted molar refractivity (Wildman–Crippen MR) is 91.8 cm³/mol. The number of aliphatic imine (C=N–C) groups is 1. The van der Waals surface area contributed by atoms with Crippen LogP contribution in [0.2, 0.25) is 0 Å². The number of nitrogens with zero attached hydrogens (tertiary/aromatic N) is 2. The topological polar surface area (TPSA) is 39.7 Å². The summed E-state index contributed by atoms with van der Waals surface area (Å²) in [5.41, 5.74) is 0. The van der Waals surface area contributed by atoms with Gasteiger partial charge in [-0.05, 0) is 64.6 Å². The molecular formula is C15H32N4S. The van der Waals surface area contributed by atoms with Gasteiger partial charge < -0.3 is 15.5 Å². The van der Waals surface area contributed by atoms with Crippen molar-refractivity contribution in [1.82, 2.24) is 15.5 Å². The Hall–Kier alpha value is -0.420. The summed E-state index contributed by atoms with van der Waals surface area (Å²) in [6.45, 7) is 4.96. The zero-order chi connectivity index (χ0) is 14.8. The summed E-state index contributed by atoms with van der Waals surface area (Å²) in [6, 6.07) is 0.599. The molecule has 0 saturated heterocycles. The maximum absolute atomic E-state index is 4.76. The van der Waals surface area contributed by atoms with E-state index in [4.69, 9.17) is 4.99 Å². The number of hydrogen-bond donors (Lipinski definition) is 2. The standard InChI is InChI=1S/C15H32N4S/c1-5-16-15(17-10-6-7-11-20-4)18-12-14(19(2)3)13-8-9-13/h13-14H,5-12H2,1-4H3,(H2,16,17,18). The molecule has 0 aromatic heterocycles. The summed E-state index contributed by atoms with van der Waals surface area (Å²) < 4.78 is 0. The normalized spacial score (nSPS) is 17.4. The number of unbranched alkanes of at least 4 members (excludes halogenated alkanes) is 1. The van der Waals surface area contributed by atoms with Gasteiger partial charge in [0.05, 0.1) is 6.54 Å². The number of guanidine groups is 1. The molecule has 118 valence electrons. The third-order valence-electron chi connectivity index (χ3n) is 3.68. The second-order valence-corrected chi connectivity index (χ2v) is 6.70. The van der Waals surface area contributed by atoms with E-state index in [9.17, 15) is 0 Å². The van der Waals surface area contributed by atoms with E-state index in [0.29, 0.717) is 6.04 Å². The van der Waals surface area contributed by atoms with E-state index in [1.54, 1.807) is 0 Å². The molecule has 1 atom stereocenters. The Bertz CT molecular complexity index is 275. The second kappa shape index (κ2) is 10.3. The Morgan fingerprint density at radius 1 is 1.30 bits per heavy atom. The van der Waals surface area contributed by atoms with E-state index >= 15 is 0 Å². The molecule has 0 aromatic rings. The van der Waals surface area contributed by atoms with Crippen LogP contribution >= 0.6 is 11.8 Å². The van der Waals surface area contributed by atoms with Crippen LogP contribution in [0.4, 0.5) is 0 Å². The fourth-order valence-corrected chi connectivity index (χ4v) is 2.81. The van der Waals surface area contributed by atoms with E-state index in [0.717, 1.165) is 31.5 Å². The minimum absolute atomic E-state index is 0.599. The van der Waals surface area contributed by atoms with Gasteiger partial charge in [-0.2, -0.15) is 11.8 Å². The molecule has 1 saturated carbocycles. The first-order valence-electron chi connectivity index (χ1n) is 7.86. The Morgan fingerprint density at radius 3 is 2.60 bits per heavy atom. The van der Waals surface area contributed by atoms with Crippen molar-refractivity contribution in [3.63, 3.8) is 0 Å². The van der Waals surface area contributed by atoms with Crippen molar-refractivity contribution in [3.05, 3.63) is 0 Å². The quantitative estimate of drug-likeness (QED) is 0.368. The largest absolute Gasteiger partial charge is 0.357 e. The van der Waals surface area contributed by atoms with Crippen molar-refractivity contribution in [3.8, 4) is 0 Å². The second-order valence-electron chi connectivity index (χ2n) is 5.71. The van der Waals surface area contributed by atoms with Gasteiger partial charge in [-0.25, -0.2) is 0 Å². The Balaban J connectivity index is 2.32. The zero-order valence-electron chi connectivity index (χ0n) is 13.6. The molecule has 4 nitrogen and oxygen atoms in total. The number of nitrogens with one attached hydrogen (secondary N) is 2. The molecular weight excluding hydrogens is 268 g/mol. The lowest BCUT2D eigenvalue weighted by molar-refractivity contribution is 0.271. The van der Waals surface area contributed by atoms with Gasteiger partial charge in [-0.1, -0.05) is 0 Å². The fourth-order valence-electron chi connectivity index (χ4n) is 2.32. The minimum atomic E-state index is 0.599. The van der Waals surface area contributed by atoms with Crippen LogP contribution in [0.25, 0.3) is 0 Å². The van der Waals surface area contributed by atoms with Crippen LogP contribution in [0.3, 0.4) is 0 Å². The summed E-state index contributed by atoms with van der Waals surface area (Å²) in [6.07, 6.45) is 7.40. The lowest BCUT2D eigenvalue weighted by Gasteiger charge is -2.23. The van der Waals surface area contributed by atoms with Gasteiger partial charge in [0, 0.05) is 19.1 Å². The molecule has 0 heterocycles. The van der Waals surface area contributed by atoms with Gasteiger partial charge in [0.1, 0.15) is 0 Å². The average molecular weight is 301 g/mol. The first-order valence-corrected chi connectivity index (χ1v) is 9.26. The van der Waals surface area contributed by atoms with Crippen molar-refractivity contribution >= 4 is 17.7 Å². The molecule has 0 radical (unpaired) electrons. The van der Waals surface area contributed by atoms with Gasteiger partial charge in [0.25, 0.3) is 0 Å². The number of hydrogen-bond acceptors (Lipinski definition) is 3. The van der Waals surface area contributed by atoms with Crippen molar-refractivity contribution in [2.24, 2.45) is 10.9 Å². The molecule has 1 rings (SSSR count). The number of rotatable bonds is 10. The lowest BCUT2D eigenvalue weighted by Crippen LogP contribution is -2.40. The summed E-state index contributed by atoms with van der Waals surface area (Å²) in [5.74, 6) is 3.09. The number of likely N-dealkylation sites (N-methyl/N-ethyl adjacent to an activating group) is 1. The highest BCUT2D eigenvalue weighted by Crippen LogP contribution is 2.34. The molecule has 0 bridgehead atoms.